The molecule has 2 aliphatic rings. The molecule has 1 saturated heterocycles. The maximum absolute atomic E-state index is 11.2. The van der Waals surface area contributed by atoms with Crippen molar-refractivity contribution < 1.29 is 24.1 Å². The Bertz CT molecular complexity index is 347. The smallest absolute Gasteiger partial charge is 0.330 e. The Morgan fingerprint density at radius 2 is 2.18 bits per heavy atom. The summed E-state index contributed by atoms with van der Waals surface area (Å²) in [5.74, 6) is -1.07. The van der Waals surface area contributed by atoms with E-state index in [1.807, 2.05) is 13.8 Å². The molecule has 1 heterocycles. The third kappa shape index (κ3) is 2.68. The average Bonchev–Trinajstić information content (AvgIpc) is 2.53. The van der Waals surface area contributed by atoms with Crippen molar-refractivity contribution in [3.8, 4) is 0 Å². The van der Waals surface area contributed by atoms with Gasteiger partial charge >= 0.3 is 5.97 Å². The number of aliphatic hydroxyl groups excluding tert-OH is 1. The summed E-state index contributed by atoms with van der Waals surface area (Å²) in [5, 5.41) is 9.97. The second kappa shape index (κ2) is 4.40. The van der Waals surface area contributed by atoms with Gasteiger partial charge in [-0.2, -0.15) is 0 Å². The average molecular weight is 242 g/mol. The van der Waals surface area contributed by atoms with Crippen LogP contribution >= 0.6 is 0 Å². The Morgan fingerprint density at radius 3 is 2.82 bits per heavy atom. The van der Waals surface area contributed by atoms with E-state index in [9.17, 15) is 9.90 Å². The molecule has 3 atom stereocenters. The van der Waals surface area contributed by atoms with E-state index in [4.69, 9.17) is 9.47 Å². The number of aliphatic hydroxyl groups is 1. The Morgan fingerprint density at radius 1 is 1.47 bits per heavy atom. The van der Waals surface area contributed by atoms with E-state index in [2.05, 4.69) is 4.74 Å². The van der Waals surface area contributed by atoms with Crippen LogP contribution in [-0.2, 0) is 19.0 Å². The van der Waals surface area contributed by atoms with E-state index in [1.165, 1.54) is 13.2 Å². The Labute approximate surface area is 100 Å². The van der Waals surface area contributed by atoms with Gasteiger partial charge in [0, 0.05) is 6.08 Å². The largest absolute Gasteiger partial charge is 0.466 e. The van der Waals surface area contributed by atoms with E-state index in [-0.39, 0.29) is 12.2 Å². The normalized spacial score (nSPS) is 37.9. The monoisotopic (exact) mass is 242 g/mol. The van der Waals surface area contributed by atoms with Crippen molar-refractivity contribution in [1.29, 1.82) is 0 Å². The number of hydrogen-bond donors (Lipinski definition) is 1. The maximum Gasteiger partial charge on any atom is 0.330 e. The Kier molecular flexibility index (Phi) is 3.25. The molecule has 0 spiro atoms. The molecule has 0 unspecified atom stereocenters. The van der Waals surface area contributed by atoms with E-state index < -0.39 is 17.9 Å². The second-order valence-corrected chi connectivity index (χ2v) is 4.94. The highest BCUT2D eigenvalue weighted by atomic mass is 16.8. The Balaban J connectivity index is 2.10. The first-order valence-electron chi connectivity index (χ1n) is 5.72. The molecule has 2 fully saturated rings. The highest BCUT2D eigenvalue weighted by Crippen LogP contribution is 2.38. The molecule has 1 aliphatic heterocycles. The third-order valence-corrected chi connectivity index (χ3v) is 3.06. The first-order chi connectivity index (χ1) is 7.91. The predicted octanol–water partition coefficient (Wildman–Crippen LogP) is 0.761. The summed E-state index contributed by atoms with van der Waals surface area (Å²) in [4.78, 5) is 11.2. The minimum atomic E-state index is -0.670. The lowest BCUT2D eigenvalue weighted by atomic mass is 9.88. The fraction of sp³-hybridized carbons (Fsp3) is 0.750. The molecule has 5 nitrogen and oxygen atoms in total. The van der Waals surface area contributed by atoms with Crippen LogP contribution in [0.5, 0.6) is 0 Å². The molecule has 0 aromatic heterocycles. The van der Waals surface area contributed by atoms with Crippen molar-refractivity contribution in [2.75, 3.05) is 7.11 Å². The standard InChI is InChI=1S/C12H18O5/c1-12(2)16-9-5-7(6-10(14)15-3)4-8(13)11(9)17-12/h6,8-9,11,13H,4-5H2,1-3H3/b7-6+/t8-,9-,11+/m1/s1. The second-order valence-electron chi connectivity index (χ2n) is 4.94. The minimum absolute atomic E-state index is 0.190. The number of hydrogen-bond acceptors (Lipinski definition) is 5. The number of carbonyl (C=O) groups excluding carboxylic acids is 1. The van der Waals surface area contributed by atoms with Gasteiger partial charge in [-0.25, -0.2) is 4.79 Å². The van der Waals surface area contributed by atoms with Gasteiger partial charge in [-0.15, -0.1) is 0 Å². The fourth-order valence-electron chi connectivity index (χ4n) is 2.42. The first-order valence-corrected chi connectivity index (χ1v) is 5.72. The van der Waals surface area contributed by atoms with Crippen molar-refractivity contribution >= 4 is 5.97 Å². The zero-order valence-electron chi connectivity index (χ0n) is 10.3. The zero-order valence-corrected chi connectivity index (χ0v) is 10.3. The lowest BCUT2D eigenvalue weighted by Crippen LogP contribution is -2.40. The van der Waals surface area contributed by atoms with E-state index >= 15 is 0 Å². The minimum Gasteiger partial charge on any atom is -0.466 e. The van der Waals surface area contributed by atoms with Crippen LogP contribution in [0.25, 0.3) is 0 Å². The summed E-state index contributed by atoms with van der Waals surface area (Å²) in [6, 6.07) is 0. The van der Waals surface area contributed by atoms with Crippen LogP contribution in [0.15, 0.2) is 11.6 Å². The van der Waals surface area contributed by atoms with Gasteiger partial charge in [0.15, 0.2) is 5.79 Å². The summed E-state index contributed by atoms with van der Waals surface area (Å²) < 4.78 is 15.9. The highest BCUT2D eigenvalue weighted by molar-refractivity contribution is 5.82. The first kappa shape index (κ1) is 12.5. The maximum atomic E-state index is 11.2. The van der Waals surface area contributed by atoms with Crippen LogP contribution in [0.1, 0.15) is 26.7 Å². The molecule has 0 bridgehead atoms. The highest BCUT2D eigenvalue weighted by Gasteiger charge is 2.47. The van der Waals surface area contributed by atoms with Gasteiger partial charge in [-0.05, 0) is 26.7 Å². The molecular formula is C12H18O5. The number of methoxy groups -OCH3 is 1. The van der Waals surface area contributed by atoms with E-state index in [0.29, 0.717) is 12.8 Å². The van der Waals surface area contributed by atoms with Gasteiger partial charge < -0.3 is 19.3 Å². The van der Waals surface area contributed by atoms with Crippen LogP contribution < -0.4 is 0 Å². The van der Waals surface area contributed by atoms with Crippen molar-refractivity contribution in [2.24, 2.45) is 0 Å². The number of ether oxygens (including phenoxy) is 3. The number of esters is 1. The van der Waals surface area contributed by atoms with Gasteiger partial charge in [0.2, 0.25) is 0 Å². The summed E-state index contributed by atoms with van der Waals surface area (Å²) in [6.45, 7) is 3.64. The molecule has 96 valence electrons. The van der Waals surface area contributed by atoms with E-state index in [1.54, 1.807) is 0 Å². The molecular weight excluding hydrogens is 224 g/mol. The van der Waals surface area contributed by atoms with Crippen LogP contribution in [0, 0.1) is 0 Å². The molecule has 2 rings (SSSR count). The van der Waals surface area contributed by atoms with Crippen molar-refractivity contribution in [3.63, 3.8) is 0 Å². The van der Waals surface area contributed by atoms with Gasteiger partial charge in [0.25, 0.3) is 0 Å². The van der Waals surface area contributed by atoms with E-state index in [0.717, 1.165) is 5.57 Å². The van der Waals surface area contributed by atoms with Gasteiger partial charge in [0.1, 0.15) is 6.10 Å². The number of rotatable bonds is 1. The zero-order chi connectivity index (χ0) is 12.6. The van der Waals surface area contributed by atoms with Gasteiger partial charge in [0.05, 0.1) is 19.3 Å². The van der Waals surface area contributed by atoms with Crippen LogP contribution in [0.2, 0.25) is 0 Å². The predicted molar refractivity (Wildman–Crippen MR) is 59.2 cm³/mol. The fourth-order valence-corrected chi connectivity index (χ4v) is 2.42. The topological polar surface area (TPSA) is 65.0 Å². The third-order valence-electron chi connectivity index (χ3n) is 3.06. The van der Waals surface area contributed by atoms with Gasteiger partial charge in [-0.1, -0.05) is 5.57 Å². The van der Waals surface area contributed by atoms with Crippen molar-refractivity contribution in [3.05, 3.63) is 11.6 Å². The lowest BCUT2D eigenvalue weighted by Gasteiger charge is -2.29. The quantitative estimate of drug-likeness (QED) is 0.543. The van der Waals surface area contributed by atoms with Crippen molar-refractivity contribution in [2.45, 2.75) is 50.8 Å². The molecule has 0 aromatic rings. The summed E-state index contributed by atoms with van der Waals surface area (Å²) in [6.07, 6.45) is 1.32. The summed E-state index contributed by atoms with van der Waals surface area (Å²) in [7, 11) is 1.33. The molecule has 17 heavy (non-hydrogen) atoms. The summed E-state index contributed by atoms with van der Waals surface area (Å²) in [5.41, 5.74) is 0.840. The lowest BCUT2D eigenvalue weighted by molar-refractivity contribution is -0.153. The molecule has 1 N–H and O–H groups in total. The van der Waals surface area contributed by atoms with Crippen LogP contribution in [-0.4, -0.2) is 42.3 Å². The summed E-state index contributed by atoms with van der Waals surface area (Å²) >= 11 is 0. The molecule has 0 amide bonds. The number of carbonyl (C=O) groups is 1. The molecule has 1 aliphatic carbocycles. The molecule has 1 saturated carbocycles. The SMILES string of the molecule is COC(=O)/C=C1\C[C@@H](O)[C@@H]2OC(C)(C)O[C@@H]2C1. The molecule has 0 aromatic carbocycles. The van der Waals surface area contributed by atoms with Gasteiger partial charge in [-0.3, -0.25) is 0 Å². The molecule has 5 heteroatoms. The van der Waals surface area contributed by atoms with Crippen LogP contribution in [0.3, 0.4) is 0 Å². The van der Waals surface area contributed by atoms with Crippen LogP contribution in [0.4, 0.5) is 0 Å². The molecule has 0 radical (unpaired) electrons. The number of fused-ring (bicyclic) bond motifs is 1. The van der Waals surface area contributed by atoms with Crippen molar-refractivity contribution in [1.82, 2.24) is 0 Å². The Hall–Kier alpha value is -0.910.